The van der Waals surface area contributed by atoms with Gasteiger partial charge in [0.05, 0.1) is 4.53 Å². The van der Waals surface area contributed by atoms with Crippen LogP contribution in [0.5, 0.6) is 5.75 Å². The molecule has 0 atom stereocenters. The maximum absolute atomic E-state index is 12.6. The molecule has 4 aromatic rings. The van der Waals surface area contributed by atoms with E-state index in [2.05, 4.69) is 28.8 Å². The lowest BCUT2D eigenvalue weighted by molar-refractivity contribution is 0.363. The van der Waals surface area contributed by atoms with Crippen molar-refractivity contribution in [2.45, 2.75) is 6.92 Å². The highest BCUT2D eigenvalue weighted by Crippen LogP contribution is 2.13. The van der Waals surface area contributed by atoms with E-state index in [9.17, 15) is 4.79 Å². The van der Waals surface area contributed by atoms with E-state index in [4.69, 9.17) is 4.74 Å². The number of aryl methyl sites for hydroxylation is 1. The van der Waals surface area contributed by atoms with Gasteiger partial charge in [-0.15, -0.1) is 5.10 Å². The topological polar surface area (TPSA) is 56.5 Å². The third-order valence-electron chi connectivity index (χ3n) is 4.25. The van der Waals surface area contributed by atoms with Crippen molar-refractivity contribution in [3.63, 3.8) is 0 Å². The van der Waals surface area contributed by atoms with Crippen LogP contribution in [-0.4, -0.2) is 21.2 Å². The summed E-state index contributed by atoms with van der Waals surface area (Å²) in [5.41, 5.74) is 3.02. The van der Waals surface area contributed by atoms with Gasteiger partial charge in [-0.1, -0.05) is 72.0 Å². The number of aromatic nitrogens is 3. The van der Waals surface area contributed by atoms with Crippen molar-refractivity contribution in [3.05, 3.63) is 98.6 Å². The molecule has 4 rings (SSSR count). The van der Waals surface area contributed by atoms with Gasteiger partial charge in [0.1, 0.15) is 12.4 Å². The number of hydrogen-bond acceptors (Lipinski definition) is 5. The van der Waals surface area contributed by atoms with Gasteiger partial charge < -0.3 is 4.74 Å². The molecule has 0 bridgehead atoms. The molecule has 0 aliphatic heterocycles. The molecular weight excluding hydrogens is 382 g/mol. The lowest BCUT2D eigenvalue weighted by Crippen LogP contribution is -2.23. The summed E-state index contributed by atoms with van der Waals surface area (Å²) < 4.78 is 7.42. The van der Waals surface area contributed by atoms with Crippen molar-refractivity contribution in [2.75, 3.05) is 6.61 Å². The molecule has 5 nitrogen and oxygen atoms in total. The van der Waals surface area contributed by atoms with Gasteiger partial charge in [0, 0.05) is 0 Å². The molecule has 0 N–H and O–H groups in total. The summed E-state index contributed by atoms with van der Waals surface area (Å²) in [4.78, 5) is 17.7. The number of fused-ring (bicyclic) bond motifs is 1. The number of nitrogens with zero attached hydrogens (tertiary/aromatic N) is 3. The SMILES string of the molecule is C=CCOc1ccc(/C=c2/sc3nc(/C=C/c4ccc(C)cc4)nn3c2=O)cc1. The van der Waals surface area contributed by atoms with E-state index in [-0.39, 0.29) is 5.56 Å². The molecule has 0 saturated carbocycles. The monoisotopic (exact) mass is 401 g/mol. The van der Waals surface area contributed by atoms with Crippen molar-refractivity contribution in [1.29, 1.82) is 0 Å². The van der Waals surface area contributed by atoms with Crippen LogP contribution in [0.25, 0.3) is 23.2 Å². The Hall–Kier alpha value is -3.51. The largest absolute Gasteiger partial charge is 0.490 e. The summed E-state index contributed by atoms with van der Waals surface area (Å²) in [5.74, 6) is 1.28. The summed E-state index contributed by atoms with van der Waals surface area (Å²) >= 11 is 1.32. The van der Waals surface area contributed by atoms with Gasteiger partial charge in [-0.05, 0) is 42.3 Å². The Morgan fingerprint density at radius 2 is 1.79 bits per heavy atom. The van der Waals surface area contributed by atoms with Gasteiger partial charge in [-0.2, -0.15) is 9.50 Å². The molecule has 0 aliphatic carbocycles. The van der Waals surface area contributed by atoms with E-state index in [0.29, 0.717) is 21.9 Å². The maximum Gasteiger partial charge on any atom is 0.291 e. The van der Waals surface area contributed by atoms with E-state index in [1.807, 2.05) is 61.5 Å². The first-order valence-electron chi connectivity index (χ1n) is 9.12. The molecule has 6 heteroatoms. The zero-order valence-corrected chi connectivity index (χ0v) is 16.7. The number of rotatable bonds is 6. The zero-order chi connectivity index (χ0) is 20.2. The molecule has 0 aliphatic rings. The summed E-state index contributed by atoms with van der Waals surface area (Å²) in [7, 11) is 0. The molecule has 0 spiro atoms. The van der Waals surface area contributed by atoms with Crippen LogP contribution < -0.4 is 14.8 Å². The van der Waals surface area contributed by atoms with Gasteiger partial charge >= 0.3 is 0 Å². The molecule has 29 heavy (non-hydrogen) atoms. The van der Waals surface area contributed by atoms with Crippen LogP contribution in [0.3, 0.4) is 0 Å². The average Bonchev–Trinajstić information content (AvgIpc) is 3.26. The third-order valence-corrected chi connectivity index (χ3v) is 5.21. The highest BCUT2D eigenvalue weighted by Gasteiger charge is 2.08. The smallest absolute Gasteiger partial charge is 0.291 e. The van der Waals surface area contributed by atoms with Gasteiger partial charge in [0.25, 0.3) is 5.56 Å². The van der Waals surface area contributed by atoms with Crippen LogP contribution in [0.1, 0.15) is 22.5 Å². The fourth-order valence-corrected chi connectivity index (χ4v) is 3.65. The molecular formula is C23H19N3O2S. The zero-order valence-electron chi connectivity index (χ0n) is 15.9. The first-order chi connectivity index (χ1) is 14.1. The van der Waals surface area contributed by atoms with Crippen molar-refractivity contribution in [2.24, 2.45) is 0 Å². The minimum Gasteiger partial charge on any atom is -0.490 e. The second-order valence-corrected chi connectivity index (χ2v) is 7.50. The Labute approximate surface area is 171 Å². The van der Waals surface area contributed by atoms with Crippen molar-refractivity contribution in [3.8, 4) is 5.75 Å². The van der Waals surface area contributed by atoms with Crippen LogP contribution in [0, 0.1) is 6.92 Å². The van der Waals surface area contributed by atoms with E-state index >= 15 is 0 Å². The van der Waals surface area contributed by atoms with E-state index in [1.165, 1.54) is 21.4 Å². The normalized spacial score (nSPS) is 12.1. The summed E-state index contributed by atoms with van der Waals surface area (Å²) in [6, 6.07) is 15.7. The Bertz CT molecular complexity index is 1280. The Morgan fingerprint density at radius 3 is 2.48 bits per heavy atom. The first-order valence-corrected chi connectivity index (χ1v) is 9.94. The van der Waals surface area contributed by atoms with Gasteiger partial charge in [0.2, 0.25) is 4.96 Å². The number of ether oxygens (including phenoxy) is 1. The van der Waals surface area contributed by atoms with E-state index in [0.717, 1.165) is 16.9 Å². The Balaban J connectivity index is 1.58. The number of hydrogen-bond donors (Lipinski definition) is 0. The second-order valence-electron chi connectivity index (χ2n) is 6.49. The maximum atomic E-state index is 12.6. The average molecular weight is 401 g/mol. The molecule has 0 saturated heterocycles. The molecule has 2 aromatic heterocycles. The van der Waals surface area contributed by atoms with Gasteiger partial charge in [-0.3, -0.25) is 4.79 Å². The van der Waals surface area contributed by atoms with Crippen molar-refractivity contribution >= 4 is 34.5 Å². The minimum atomic E-state index is -0.167. The highest BCUT2D eigenvalue weighted by atomic mass is 32.1. The Morgan fingerprint density at radius 1 is 1.07 bits per heavy atom. The second kappa shape index (κ2) is 8.24. The number of benzene rings is 2. The van der Waals surface area contributed by atoms with Crippen molar-refractivity contribution < 1.29 is 4.74 Å². The predicted octanol–water partition coefficient (Wildman–Crippen LogP) is 3.74. The molecule has 144 valence electrons. The third kappa shape index (κ3) is 4.33. The summed E-state index contributed by atoms with van der Waals surface area (Å²) in [5, 5.41) is 4.32. The van der Waals surface area contributed by atoms with E-state index < -0.39 is 0 Å². The van der Waals surface area contributed by atoms with Gasteiger partial charge in [0.15, 0.2) is 5.82 Å². The highest BCUT2D eigenvalue weighted by molar-refractivity contribution is 7.15. The molecule has 0 amide bonds. The van der Waals surface area contributed by atoms with Crippen LogP contribution in [0.15, 0.2) is 66.0 Å². The fourth-order valence-electron chi connectivity index (χ4n) is 2.73. The van der Waals surface area contributed by atoms with Gasteiger partial charge in [-0.25, -0.2) is 0 Å². The van der Waals surface area contributed by atoms with Crippen LogP contribution in [0.4, 0.5) is 0 Å². The molecule has 0 unspecified atom stereocenters. The first kappa shape index (κ1) is 18.8. The summed E-state index contributed by atoms with van der Waals surface area (Å²) in [6.45, 7) is 6.14. The Kier molecular flexibility index (Phi) is 5.35. The number of thiazole rings is 1. The molecule has 0 radical (unpaired) electrons. The minimum absolute atomic E-state index is 0.167. The standard InChI is InChI=1S/C23H19N3O2S/c1-3-14-28-19-11-8-18(9-12-19)15-20-22(27)26-23(29-20)24-21(25-26)13-10-17-6-4-16(2)5-7-17/h3-13,15H,1,14H2,2H3/b13-10+,20-15+. The van der Waals surface area contributed by atoms with Crippen LogP contribution in [0.2, 0.25) is 0 Å². The van der Waals surface area contributed by atoms with Crippen molar-refractivity contribution in [1.82, 2.24) is 14.6 Å². The fraction of sp³-hybridized carbons (Fsp3) is 0.0870. The van der Waals surface area contributed by atoms with Crippen LogP contribution in [-0.2, 0) is 0 Å². The van der Waals surface area contributed by atoms with E-state index in [1.54, 1.807) is 6.08 Å². The lowest BCUT2D eigenvalue weighted by atomic mass is 10.1. The predicted molar refractivity (Wildman–Crippen MR) is 118 cm³/mol. The summed E-state index contributed by atoms with van der Waals surface area (Å²) in [6.07, 6.45) is 7.28. The lowest BCUT2D eigenvalue weighted by Gasteiger charge is -2.02. The molecule has 0 fully saturated rings. The quantitative estimate of drug-likeness (QED) is 0.462. The molecule has 2 aromatic carbocycles. The molecule has 2 heterocycles. The van der Waals surface area contributed by atoms with Crippen LogP contribution >= 0.6 is 11.3 Å².